The van der Waals surface area contributed by atoms with E-state index in [1.165, 1.54) is 9.08 Å². The molecular weight excluding hydrogens is 300 g/mol. The molecule has 2 heterocycles. The van der Waals surface area contributed by atoms with Gasteiger partial charge in [-0.05, 0) is 31.4 Å². The SMILES string of the molecule is O=C(O)CC1(NC(=O)CCn2nc3ccccn3c2=O)CCC1. The van der Waals surface area contributed by atoms with E-state index in [1.807, 2.05) is 0 Å². The van der Waals surface area contributed by atoms with Gasteiger partial charge in [-0.1, -0.05) is 6.07 Å². The van der Waals surface area contributed by atoms with E-state index in [0.717, 1.165) is 6.42 Å². The molecule has 122 valence electrons. The van der Waals surface area contributed by atoms with Crippen molar-refractivity contribution >= 4 is 17.5 Å². The van der Waals surface area contributed by atoms with Gasteiger partial charge in [-0.3, -0.25) is 14.0 Å². The Labute approximate surface area is 131 Å². The summed E-state index contributed by atoms with van der Waals surface area (Å²) < 4.78 is 2.66. The zero-order valence-electron chi connectivity index (χ0n) is 12.6. The van der Waals surface area contributed by atoms with Crippen molar-refractivity contribution in [2.24, 2.45) is 0 Å². The van der Waals surface area contributed by atoms with Crippen LogP contribution in [0.2, 0.25) is 0 Å². The number of pyridine rings is 1. The molecule has 23 heavy (non-hydrogen) atoms. The van der Waals surface area contributed by atoms with Crippen LogP contribution in [-0.4, -0.2) is 36.7 Å². The molecular formula is C15H18N4O4. The normalized spacial score (nSPS) is 16.0. The second-order valence-electron chi connectivity index (χ2n) is 5.94. The smallest absolute Gasteiger partial charge is 0.350 e. The number of hydrogen-bond acceptors (Lipinski definition) is 4. The summed E-state index contributed by atoms with van der Waals surface area (Å²) in [4.78, 5) is 35.1. The number of aliphatic carboxylic acids is 1. The van der Waals surface area contributed by atoms with Crippen molar-refractivity contribution in [3.8, 4) is 0 Å². The molecule has 1 saturated carbocycles. The summed E-state index contributed by atoms with van der Waals surface area (Å²) >= 11 is 0. The highest BCUT2D eigenvalue weighted by molar-refractivity contribution is 5.78. The number of aryl methyl sites for hydroxylation is 1. The monoisotopic (exact) mass is 318 g/mol. The molecule has 0 bridgehead atoms. The molecule has 2 aromatic rings. The Morgan fingerprint density at radius 2 is 2.13 bits per heavy atom. The van der Waals surface area contributed by atoms with E-state index >= 15 is 0 Å². The van der Waals surface area contributed by atoms with E-state index in [9.17, 15) is 14.4 Å². The van der Waals surface area contributed by atoms with Crippen molar-refractivity contribution in [3.05, 3.63) is 34.9 Å². The summed E-state index contributed by atoms with van der Waals surface area (Å²) in [6.07, 6.45) is 3.92. The van der Waals surface area contributed by atoms with Crippen molar-refractivity contribution in [1.29, 1.82) is 0 Å². The van der Waals surface area contributed by atoms with E-state index in [0.29, 0.717) is 18.5 Å². The standard InChI is InChI=1S/C15H18N4O4/c20-12(16-15(6-3-7-15)10-13(21)22)5-9-19-14(23)18-8-2-1-4-11(18)17-19/h1-2,4,8H,3,5-7,9-10H2,(H,16,20)(H,21,22). The Hall–Kier alpha value is -2.64. The van der Waals surface area contributed by atoms with Crippen molar-refractivity contribution < 1.29 is 14.7 Å². The maximum absolute atomic E-state index is 12.1. The first kappa shape index (κ1) is 15.3. The minimum atomic E-state index is -0.915. The highest BCUT2D eigenvalue weighted by Crippen LogP contribution is 2.34. The van der Waals surface area contributed by atoms with Crippen molar-refractivity contribution in [1.82, 2.24) is 19.5 Å². The molecule has 0 saturated heterocycles. The minimum Gasteiger partial charge on any atom is -0.481 e. The van der Waals surface area contributed by atoms with E-state index in [2.05, 4.69) is 10.4 Å². The molecule has 0 radical (unpaired) electrons. The number of carbonyl (C=O) groups excluding carboxylic acids is 1. The van der Waals surface area contributed by atoms with E-state index in [-0.39, 0.29) is 31.0 Å². The quantitative estimate of drug-likeness (QED) is 0.802. The van der Waals surface area contributed by atoms with Gasteiger partial charge in [0.1, 0.15) is 0 Å². The van der Waals surface area contributed by atoms with Crippen molar-refractivity contribution in [2.75, 3.05) is 0 Å². The number of nitrogens with zero attached hydrogens (tertiary/aromatic N) is 3. The van der Waals surface area contributed by atoms with Gasteiger partial charge in [0.15, 0.2) is 5.65 Å². The van der Waals surface area contributed by atoms with Crippen LogP contribution in [0.5, 0.6) is 0 Å². The Morgan fingerprint density at radius 1 is 1.35 bits per heavy atom. The Balaban J connectivity index is 1.63. The largest absolute Gasteiger partial charge is 0.481 e. The molecule has 1 aliphatic rings. The lowest BCUT2D eigenvalue weighted by Gasteiger charge is -2.41. The number of rotatable bonds is 6. The lowest BCUT2D eigenvalue weighted by Crippen LogP contribution is -2.54. The average molecular weight is 318 g/mol. The molecule has 3 rings (SSSR count). The van der Waals surface area contributed by atoms with Crippen LogP contribution in [0.15, 0.2) is 29.2 Å². The molecule has 1 aliphatic carbocycles. The third-order valence-electron chi connectivity index (χ3n) is 4.24. The average Bonchev–Trinajstić information content (AvgIpc) is 2.79. The van der Waals surface area contributed by atoms with Crippen molar-refractivity contribution in [2.45, 2.75) is 44.2 Å². The summed E-state index contributed by atoms with van der Waals surface area (Å²) in [5.74, 6) is -1.17. The zero-order valence-corrected chi connectivity index (χ0v) is 12.6. The molecule has 0 unspecified atom stereocenters. The van der Waals surface area contributed by atoms with Crippen LogP contribution < -0.4 is 11.0 Å². The maximum atomic E-state index is 12.1. The fraction of sp³-hybridized carbons (Fsp3) is 0.467. The Morgan fingerprint density at radius 3 is 2.74 bits per heavy atom. The van der Waals surface area contributed by atoms with E-state index in [1.54, 1.807) is 24.4 Å². The van der Waals surface area contributed by atoms with Crippen LogP contribution in [0, 0.1) is 0 Å². The molecule has 1 amide bonds. The topological polar surface area (TPSA) is 106 Å². The van der Waals surface area contributed by atoms with Gasteiger partial charge in [0, 0.05) is 12.6 Å². The second kappa shape index (κ2) is 5.86. The highest BCUT2D eigenvalue weighted by Gasteiger charge is 2.40. The van der Waals surface area contributed by atoms with Crippen LogP contribution in [0.3, 0.4) is 0 Å². The predicted octanol–water partition coefficient (Wildman–Crippen LogP) is 0.400. The van der Waals surface area contributed by atoms with Gasteiger partial charge in [0.2, 0.25) is 5.91 Å². The van der Waals surface area contributed by atoms with E-state index in [4.69, 9.17) is 5.11 Å². The predicted molar refractivity (Wildman–Crippen MR) is 81.0 cm³/mol. The molecule has 0 aliphatic heterocycles. The first-order valence-corrected chi connectivity index (χ1v) is 7.56. The number of carboxylic acid groups (broad SMARTS) is 1. The molecule has 0 atom stereocenters. The van der Waals surface area contributed by atoms with Crippen LogP contribution in [-0.2, 0) is 16.1 Å². The van der Waals surface area contributed by atoms with Gasteiger partial charge in [-0.25, -0.2) is 9.48 Å². The Bertz CT molecular complexity index is 803. The third kappa shape index (κ3) is 3.10. The molecule has 1 fully saturated rings. The third-order valence-corrected chi connectivity index (χ3v) is 4.24. The lowest BCUT2D eigenvalue weighted by atomic mass is 9.74. The van der Waals surface area contributed by atoms with Gasteiger partial charge in [0.05, 0.1) is 18.5 Å². The Kier molecular flexibility index (Phi) is 3.89. The zero-order chi connectivity index (χ0) is 16.4. The summed E-state index contributed by atoms with van der Waals surface area (Å²) in [7, 11) is 0. The van der Waals surface area contributed by atoms with Gasteiger partial charge in [-0.15, -0.1) is 5.10 Å². The fourth-order valence-electron chi connectivity index (χ4n) is 2.92. The number of nitrogens with one attached hydrogen (secondary N) is 1. The van der Waals surface area contributed by atoms with Crippen LogP contribution >= 0.6 is 0 Å². The summed E-state index contributed by atoms with van der Waals surface area (Å²) in [6, 6.07) is 5.23. The van der Waals surface area contributed by atoms with Crippen LogP contribution in [0.4, 0.5) is 0 Å². The lowest BCUT2D eigenvalue weighted by molar-refractivity contribution is -0.140. The van der Waals surface area contributed by atoms with Gasteiger partial charge < -0.3 is 10.4 Å². The molecule has 2 N–H and O–H groups in total. The van der Waals surface area contributed by atoms with Gasteiger partial charge >= 0.3 is 11.7 Å². The summed E-state index contributed by atoms with van der Waals surface area (Å²) in [5.41, 5.74) is -0.385. The molecule has 2 aromatic heterocycles. The molecule has 0 spiro atoms. The number of carbonyl (C=O) groups is 2. The second-order valence-corrected chi connectivity index (χ2v) is 5.94. The maximum Gasteiger partial charge on any atom is 0.350 e. The fourth-order valence-corrected chi connectivity index (χ4v) is 2.92. The number of amides is 1. The van der Waals surface area contributed by atoms with Crippen LogP contribution in [0.25, 0.3) is 5.65 Å². The molecule has 0 aromatic carbocycles. The first-order valence-electron chi connectivity index (χ1n) is 7.56. The number of hydrogen-bond donors (Lipinski definition) is 2. The summed E-state index contributed by atoms with van der Waals surface area (Å²) in [5, 5.41) is 15.9. The molecule has 8 nitrogen and oxygen atoms in total. The first-order chi connectivity index (χ1) is 11.0. The highest BCUT2D eigenvalue weighted by atomic mass is 16.4. The minimum absolute atomic E-state index is 0.0624. The number of carboxylic acids is 1. The van der Waals surface area contributed by atoms with Crippen LogP contribution in [0.1, 0.15) is 32.1 Å². The van der Waals surface area contributed by atoms with Crippen molar-refractivity contribution in [3.63, 3.8) is 0 Å². The summed E-state index contributed by atoms with van der Waals surface area (Å²) in [6.45, 7) is 0.162. The van der Waals surface area contributed by atoms with E-state index < -0.39 is 11.5 Å². The number of aromatic nitrogens is 3. The van der Waals surface area contributed by atoms with Gasteiger partial charge in [0.25, 0.3) is 0 Å². The van der Waals surface area contributed by atoms with Gasteiger partial charge in [-0.2, -0.15) is 0 Å². The molecule has 8 heteroatoms. The number of fused-ring (bicyclic) bond motifs is 1.